The van der Waals surface area contributed by atoms with Crippen molar-refractivity contribution in [1.82, 2.24) is 10.2 Å². The van der Waals surface area contributed by atoms with Gasteiger partial charge in [-0.1, -0.05) is 0 Å². The summed E-state index contributed by atoms with van der Waals surface area (Å²) in [6, 6.07) is 8.05. The minimum atomic E-state index is -0.198. The van der Waals surface area contributed by atoms with Gasteiger partial charge in [0, 0.05) is 37.6 Å². The van der Waals surface area contributed by atoms with Crippen molar-refractivity contribution in [3.05, 3.63) is 24.3 Å². The lowest BCUT2D eigenvalue weighted by molar-refractivity contribution is -0.125. The molecule has 2 unspecified atom stereocenters. The van der Waals surface area contributed by atoms with Crippen LogP contribution in [0.2, 0.25) is 0 Å². The Morgan fingerprint density at radius 2 is 1.69 bits per heavy atom. The summed E-state index contributed by atoms with van der Waals surface area (Å²) < 4.78 is 0. The Balaban J connectivity index is 1.44. The van der Waals surface area contributed by atoms with Crippen molar-refractivity contribution in [1.29, 1.82) is 0 Å². The first-order valence-electron chi connectivity index (χ1n) is 9.63. The van der Waals surface area contributed by atoms with Crippen molar-refractivity contribution >= 4 is 23.2 Å². The van der Waals surface area contributed by atoms with Crippen LogP contribution in [0.1, 0.15) is 25.7 Å². The maximum Gasteiger partial charge on any atom is 0.228 e. The standard InChI is InChI=1S/C20H30N4O2/c1-23(2)13-10-21-19(25)17-14-18(17)20(26)22-15-6-8-16(9-7-15)24-11-4-3-5-12-24/h6-9,17-18H,3-5,10-14H2,1-2H3,(H,21,25)(H,22,26). The Morgan fingerprint density at radius 1 is 1.04 bits per heavy atom. The molecule has 3 rings (SSSR count). The molecule has 2 N–H and O–H groups in total. The van der Waals surface area contributed by atoms with Crippen LogP contribution in [0.15, 0.2) is 24.3 Å². The number of carbonyl (C=O) groups excluding carboxylic acids is 2. The summed E-state index contributed by atoms with van der Waals surface area (Å²) in [5.74, 6) is -0.433. The number of rotatable bonds is 7. The molecule has 1 saturated heterocycles. The van der Waals surface area contributed by atoms with Crippen molar-refractivity contribution in [3.8, 4) is 0 Å². The first-order valence-corrected chi connectivity index (χ1v) is 9.63. The van der Waals surface area contributed by atoms with E-state index in [-0.39, 0.29) is 23.7 Å². The molecule has 1 aliphatic carbocycles. The third-order valence-corrected chi connectivity index (χ3v) is 5.18. The molecule has 2 aliphatic rings. The highest BCUT2D eigenvalue weighted by atomic mass is 16.2. The lowest BCUT2D eigenvalue weighted by Gasteiger charge is -2.28. The van der Waals surface area contributed by atoms with Crippen LogP contribution in [0, 0.1) is 11.8 Å². The van der Waals surface area contributed by atoms with E-state index in [2.05, 4.69) is 27.7 Å². The molecular weight excluding hydrogens is 328 g/mol. The van der Waals surface area contributed by atoms with Crippen LogP contribution in [0.4, 0.5) is 11.4 Å². The summed E-state index contributed by atoms with van der Waals surface area (Å²) in [7, 11) is 3.94. The molecule has 1 aromatic carbocycles. The number of hydrogen-bond acceptors (Lipinski definition) is 4. The Bertz CT molecular complexity index is 623. The largest absolute Gasteiger partial charge is 0.372 e. The monoisotopic (exact) mass is 358 g/mol. The van der Waals surface area contributed by atoms with Crippen molar-refractivity contribution < 1.29 is 9.59 Å². The molecule has 0 aromatic heterocycles. The average molecular weight is 358 g/mol. The zero-order valence-corrected chi connectivity index (χ0v) is 15.8. The van der Waals surface area contributed by atoms with Crippen molar-refractivity contribution in [2.45, 2.75) is 25.7 Å². The van der Waals surface area contributed by atoms with Gasteiger partial charge in [-0.15, -0.1) is 0 Å². The lowest BCUT2D eigenvalue weighted by Crippen LogP contribution is -2.33. The van der Waals surface area contributed by atoms with E-state index >= 15 is 0 Å². The van der Waals surface area contributed by atoms with Gasteiger partial charge < -0.3 is 20.4 Å². The highest BCUT2D eigenvalue weighted by Crippen LogP contribution is 2.39. The van der Waals surface area contributed by atoms with Gasteiger partial charge in [-0.2, -0.15) is 0 Å². The number of nitrogens with zero attached hydrogens (tertiary/aromatic N) is 2. The number of benzene rings is 1. The smallest absolute Gasteiger partial charge is 0.228 e. The first kappa shape index (κ1) is 18.7. The van der Waals surface area contributed by atoms with E-state index in [9.17, 15) is 9.59 Å². The zero-order chi connectivity index (χ0) is 18.5. The molecule has 2 fully saturated rings. The number of anilines is 2. The van der Waals surface area contributed by atoms with E-state index in [0.717, 1.165) is 25.3 Å². The second kappa shape index (κ2) is 8.54. The SMILES string of the molecule is CN(C)CCNC(=O)C1CC1C(=O)Nc1ccc(N2CCCCC2)cc1. The molecular formula is C20H30N4O2. The van der Waals surface area contributed by atoms with Crippen LogP contribution in [-0.2, 0) is 9.59 Å². The van der Waals surface area contributed by atoms with Gasteiger partial charge >= 0.3 is 0 Å². The number of likely N-dealkylation sites (N-methyl/N-ethyl adjacent to an activating group) is 1. The average Bonchev–Trinajstić information content (AvgIpc) is 3.44. The highest BCUT2D eigenvalue weighted by molar-refractivity contribution is 5.99. The molecule has 1 saturated carbocycles. The molecule has 0 radical (unpaired) electrons. The van der Waals surface area contributed by atoms with Gasteiger partial charge in [0.1, 0.15) is 0 Å². The summed E-state index contributed by atoms with van der Waals surface area (Å²) in [4.78, 5) is 28.8. The topological polar surface area (TPSA) is 64.7 Å². The predicted molar refractivity (Wildman–Crippen MR) is 104 cm³/mol. The minimum Gasteiger partial charge on any atom is -0.372 e. The highest BCUT2D eigenvalue weighted by Gasteiger charge is 2.47. The molecule has 6 heteroatoms. The van der Waals surface area contributed by atoms with E-state index in [1.807, 2.05) is 31.1 Å². The van der Waals surface area contributed by atoms with Gasteiger partial charge in [-0.05, 0) is 64.0 Å². The second-order valence-electron chi connectivity index (χ2n) is 7.63. The quantitative estimate of drug-likeness (QED) is 0.782. The Hall–Kier alpha value is -2.08. The second-order valence-corrected chi connectivity index (χ2v) is 7.63. The maximum absolute atomic E-state index is 12.3. The number of amides is 2. The normalized spacial score (nSPS) is 22.2. The van der Waals surface area contributed by atoms with Crippen LogP contribution < -0.4 is 15.5 Å². The van der Waals surface area contributed by atoms with Gasteiger partial charge in [-0.3, -0.25) is 9.59 Å². The van der Waals surface area contributed by atoms with Crippen molar-refractivity contribution in [2.75, 3.05) is 50.5 Å². The first-order chi connectivity index (χ1) is 12.5. The van der Waals surface area contributed by atoms with Gasteiger partial charge in [0.05, 0.1) is 11.8 Å². The van der Waals surface area contributed by atoms with Crippen LogP contribution >= 0.6 is 0 Å². The molecule has 0 spiro atoms. The van der Waals surface area contributed by atoms with E-state index in [4.69, 9.17) is 0 Å². The third-order valence-electron chi connectivity index (χ3n) is 5.18. The molecule has 2 amide bonds. The zero-order valence-electron chi connectivity index (χ0n) is 15.8. The fourth-order valence-electron chi connectivity index (χ4n) is 3.45. The fourth-order valence-corrected chi connectivity index (χ4v) is 3.45. The van der Waals surface area contributed by atoms with Crippen LogP contribution in [0.25, 0.3) is 0 Å². The van der Waals surface area contributed by atoms with Crippen molar-refractivity contribution in [3.63, 3.8) is 0 Å². The van der Waals surface area contributed by atoms with E-state index < -0.39 is 0 Å². The van der Waals surface area contributed by atoms with E-state index in [1.54, 1.807) is 0 Å². The van der Waals surface area contributed by atoms with E-state index in [0.29, 0.717) is 13.0 Å². The molecule has 1 aromatic rings. The molecule has 0 bridgehead atoms. The van der Waals surface area contributed by atoms with Gasteiger partial charge in [-0.25, -0.2) is 0 Å². The summed E-state index contributed by atoms with van der Waals surface area (Å²) in [6.07, 6.45) is 4.46. The lowest BCUT2D eigenvalue weighted by atomic mass is 10.1. The van der Waals surface area contributed by atoms with Crippen LogP contribution in [0.3, 0.4) is 0 Å². The van der Waals surface area contributed by atoms with Crippen LogP contribution in [0.5, 0.6) is 0 Å². The summed E-state index contributed by atoms with van der Waals surface area (Å²) in [6.45, 7) is 3.64. The van der Waals surface area contributed by atoms with E-state index in [1.165, 1.54) is 24.9 Å². The molecule has 2 atom stereocenters. The molecule has 6 nitrogen and oxygen atoms in total. The fraction of sp³-hybridized carbons (Fsp3) is 0.600. The third kappa shape index (κ3) is 4.97. The summed E-state index contributed by atoms with van der Waals surface area (Å²) >= 11 is 0. The van der Waals surface area contributed by atoms with Gasteiger partial charge in [0.15, 0.2) is 0 Å². The Labute approximate surface area is 155 Å². The number of piperidine rings is 1. The van der Waals surface area contributed by atoms with Gasteiger partial charge in [0.2, 0.25) is 11.8 Å². The Kier molecular flexibility index (Phi) is 6.14. The van der Waals surface area contributed by atoms with Gasteiger partial charge in [0.25, 0.3) is 0 Å². The minimum absolute atomic E-state index is 0.00699. The molecule has 142 valence electrons. The molecule has 26 heavy (non-hydrogen) atoms. The molecule has 1 heterocycles. The number of carbonyl (C=O) groups is 2. The summed E-state index contributed by atoms with van der Waals surface area (Å²) in [5, 5.41) is 5.85. The Morgan fingerprint density at radius 3 is 2.35 bits per heavy atom. The number of hydrogen-bond donors (Lipinski definition) is 2. The predicted octanol–water partition coefficient (Wildman–Crippen LogP) is 1.93. The summed E-state index contributed by atoms with van der Waals surface area (Å²) in [5.41, 5.74) is 2.02. The number of nitrogens with one attached hydrogen (secondary N) is 2. The molecule has 1 aliphatic heterocycles. The van der Waals surface area contributed by atoms with Crippen molar-refractivity contribution in [2.24, 2.45) is 11.8 Å². The van der Waals surface area contributed by atoms with Crippen LogP contribution in [-0.4, -0.2) is 57.0 Å². The maximum atomic E-state index is 12.3.